The highest BCUT2D eigenvalue weighted by Crippen LogP contribution is 2.38. The first kappa shape index (κ1) is 17.4. The summed E-state index contributed by atoms with van der Waals surface area (Å²) < 4.78 is 5.34. The second kappa shape index (κ2) is 6.50. The molecule has 0 spiro atoms. The molecule has 3 atom stereocenters. The van der Waals surface area contributed by atoms with E-state index in [4.69, 9.17) is 4.74 Å². The molecule has 136 valence electrons. The number of hydrogen-bond acceptors (Lipinski definition) is 6. The summed E-state index contributed by atoms with van der Waals surface area (Å²) in [6.07, 6.45) is 4.66. The first-order valence-corrected chi connectivity index (χ1v) is 8.61. The molecule has 3 rings (SSSR count). The summed E-state index contributed by atoms with van der Waals surface area (Å²) >= 11 is 0. The number of nitro groups is 1. The van der Waals surface area contributed by atoms with E-state index in [0.29, 0.717) is 0 Å². The van der Waals surface area contributed by atoms with E-state index in [2.05, 4.69) is 15.2 Å². The number of hydrogen-bond donors (Lipinski definition) is 1. The SMILES string of the molecule is CC(C)(C)OC(=O)N[C@H]1C[C@H]2CC[C@@H](C1)N2c1ccc([N+](=O)[O-])cn1. The number of carbonyl (C=O) groups is 1. The molecular weight excluding hydrogens is 324 g/mol. The number of pyridine rings is 1. The largest absolute Gasteiger partial charge is 0.444 e. The molecule has 0 aliphatic carbocycles. The van der Waals surface area contributed by atoms with Crippen LogP contribution >= 0.6 is 0 Å². The van der Waals surface area contributed by atoms with Gasteiger partial charge in [-0.15, -0.1) is 0 Å². The van der Waals surface area contributed by atoms with Gasteiger partial charge >= 0.3 is 6.09 Å². The van der Waals surface area contributed by atoms with E-state index < -0.39 is 10.5 Å². The number of anilines is 1. The summed E-state index contributed by atoms with van der Waals surface area (Å²) in [7, 11) is 0. The van der Waals surface area contributed by atoms with Crippen LogP contribution in [-0.2, 0) is 4.74 Å². The van der Waals surface area contributed by atoms with Gasteiger partial charge < -0.3 is 15.0 Å². The highest BCUT2D eigenvalue weighted by molar-refractivity contribution is 5.68. The average Bonchev–Trinajstić information content (AvgIpc) is 2.76. The molecule has 1 aromatic rings. The summed E-state index contributed by atoms with van der Waals surface area (Å²) in [6, 6.07) is 3.86. The lowest BCUT2D eigenvalue weighted by atomic mass is 9.97. The summed E-state index contributed by atoms with van der Waals surface area (Å²) in [5.74, 6) is 0.772. The number of carbonyl (C=O) groups excluding carboxylic acids is 1. The molecule has 3 heterocycles. The molecule has 0 radical (unpaired) electrons. The highest BCUT2D eigenvalue weighted by Gasteiger charge is 2.42. The Morgan fingerprint density at radius 2 is 1.96 bits per heavy atom. The topological polar surface area (TPSA) is 97.6 Å². The quantitative estimate of drug-likeness (QED) is 0.666. The third kappa shape index (κ3) is 4.00. The Morgan fingerprint density at radius 1 is 1.32 bits per heavy atom. The number of amides is 1. The van der Waals surface area contributed by atoms with Gasteiger partial charge in [-0.25, -0.2) is 9.78 Å². The zero-order valence-electron chi connectivity index (χ0n) is 14.8. The van der Waals surface area contributed by atoms with Crippen molar-refractivity contribution in [3.8, 4) is 0 Å². The molecule has 2 aliphatic rings. The van der Waals surface area contributed by atoms with Crippen LogP contribution in [0.3, 0.4) is 0 Å². The van der Waals surface area contributed by atoms with Crippen LogP contribution in [0.4, 0.5) is 16.3 Å². The molecule has 2 fully saturated rings. The number of piperidine rings is 1. The minimum Gasteiger partial charge on any atom is -0.444 e. The van der Waals surface area contributed by atoms with E-state index in [1.165, 1.54) is 12.3 Å². The van der Waals surface area contributed by atoms with Crippen LogP contribution < -0.4 is 10.2 Å². The summed E-state index contributed by atoms with van der Waals surface area (Å²) in [4.78, 5) is 28.8. The summed E-state index contributed by atoms with van der Waals surface area (Å²) in [6.45, 7) is 5.54. The van der Waals surface area contributed by atoms with E-state index >= 15 is 0 Å². The van der Waals surface area contributed by atoms with Gasteiger partial charge in [-0.3, -0.25) is 10.1 Å². The Morgan fingerprint density at radius 3 is 2.44 bits per heavy atom. The molecule has 1 aromatic heterocycles. The Labute approximate surface area is 146 Å². The van der Waals surface area contributed by atoms with Crippen molar-refractivity contribution >= 4 is 17.6 Å². The van der Waals surface area contributed by atoms with E-state index in [1.807, 2.05) is 20.8 Å². The Bertz CT molecular complexity index is 642. The van der Waals surface area contributed by atoms with E-state index in [-0.39, 0.29) is 29.9 Å². The van der Waals surface area contributed by atoms with Crippen LogP contribution in [0.5, 0.6) is 0 Å². The molecule has 2 bridgehead atoms. The van der Waals surface area contributed by atoms with E-state index in [9.17, 15) is 14.9 Å². The van der Waals surface area contributed by atoms with Crippen molar-refractivity contribution in [3.63, 3.8) is 0 Å². The molecule has 25 heavy (non-hydrogen) atoms. The van der Waals surface area contributed by atoms with Gasteiger partial charge in [0.1, 0.15) is 17.6 Å². The lowest BCUT2D eigenvalue weighted by molar-refractivity contribution is -0.385. The van der Waals surface area contributed by atoms with E-state index in [1.54, 1.807) is 6.07 Å². The van der Waals surface area contributed by atoms with Gasteiger partial charge in [0, 0.05) is 24.2 Å². The predicted molar refractivity (Wildman–Crippen MR) is 92.6 cm³/mol. The zero-order valence-corrected chi connectivity index (χ0v) is 14.8. The minimum absolute atomic E-state index is 0.00225. The van der Waals surface area contributed by atoms with Crippen LogP contribution in [0.25, 0.3) is 0 Å². The third-order valence-corrected chi connectivity index (χ3v) is 4.66. The maximum Gasteiger partial charge on any atom is 0.407 e. The second-order valence-corrected chi connectivity index (χ2v) is 7.74. The fourth-order valence-electron chi connectivity index (χ4n) is 3.78. The molecule has 2 aliphatic heterocycles. The molecule has 0 saturated carbocycles. The molecular formula is C17H24N4O4. The average molecular weight is 348 g/mol. The number of ether oxygens (including phenoxy) is 1. The Kier molecular flexibility index (Phi) is 4.53. The molecule has 1 amide bonds. The monoisotopic (exact) mass is 348 g/mol. The van der Waals surface area contributed by atoms with Crippen molar-refractivity contribution in [3.05, 3.63) is 28.4 Å². The Hall–Kier alpha value is -2.38. The first-order valence-electron chi connectivity index (χ1n) is 8.61. The predicted octanol–water partition coefficient (Wildman–Crippen LogP) is 3.01. The maximum atomic E-state index is 12.0. The van der Waals surface area contributed by atoms with Crippen LogP contribution in [-0.4, -0.2) is 39.7 Å². The van der Waals surface area contributed by atoms with Gasteiger partial charge in [-0.1, -0.05) is 0 Å². The Balaban J connectivity index is 1.64. The van der Waals surface area contributed by atoms with Crippen molar-refractivity contribution in [2.24, 2.45) is 0 Å². The van der Waals surface area contributed by atoms with Gasteiger partial charge in [0.25, 0.3) is 5.69 Å². The lowest BCUT2D eigenvalue weighted by Crippen LogP contribution is -2.51. The van der Waals surface area contributed by atoms with Crippen LogP contribution in [0.15, 0.2) is 18.3 Å². The minimum atomic E-state index is -0.507. The van der Waals surface area contributed by atoms with Crippen LogP contribution in [0.1, 0.15) is 46.5 Å². The summed E-state index contributed by atoms with van der Waals surface area (Å²) in [5, 5.41) is 13.7. The fraction of sp³-hybridized carbons (Fsp3) is 0.647. The fourth-order valence-corrected chi connectivity index (χ4v) is 3.78. The molecule has 2 saturated heterocycles. The first-order chi connectivity index (χ1) is 11.7. The normalized spacial score (nSPS) is 25.6. The molecule has 0 unspecified atom stereocenters. The van der Waals surface area contributed by atoms with E-state index in [0.717, 1.165) is 31.5 Å². The number of alkyl carbamates (subject to hydrolysis) is 1. The highest BCUT2D eigenvalue weighted by atomic mass is 16.6. The smallest absolute Gasteiger partial charge is 0.407 e. The number of nitrogens with zero attached hydrogens (tertiary/aromatic N) is 3. The van der Waals surface area contributed by atoms with Crippen molar-refractivity contribution in [2.45, 2.75) is 70.2 Å². The number of nitrogens with one attached hydrogen (secondary N) is 1. The lowest BCUT2D eigenvalue weighted by Gasteiger charge is -2.40. The second-order valence-electron chi connectivity index (χ2n) is 7.74. The maximum absolute atomic E-state index is 12.0. The zero-order chi connectivity index (χ0) is 18.2. The standard InChI is InChI=1S/C17H24N4O4/c1-17(2,3)25-16(22)19-11-8-12-4-5-13(9-11)20(12)15-7-6-14(10-18-15)21(23)24/h6-7,10-13H,4-5,8-9H2,1-3H3,(H,19,22)/t11-,12+,13-. The van der Waals surface area contributed by atoms with Gasteiger partial charge in [0.2, 0.25) is 0 Å². The number of aromatic nitrogens is 1. The third-order valence-electron chi connectivity index (χ3n) is 4.66. The van der Waals surface area contributed by atoms with Gasteiger partial charge in [-0.05, 0) is 52.5 Å². The number of rotatable bonds is 3. The van der Waals surface area contributed by atoms with Gasteiger partial charge in [0.05, 0.1) is 4.92 Å². The molecule has 8 nitrogen and oxygen atoms in total. The molecule has 8 heteroatoms. The van der Waals surface area contributed by atoms with Crippen molar-refractivity contribution in [1.82, 2.24) is 10.3 Å². The van der Waals surface area contributed by atoms with Crippen molar-refractivity contribution < 1.29 is 14.5 Å². The van der Waals surface area contributed by atoms with Crippen molar-refractivity contribution in [2.75, 3.05) is 4.90 Å². The van der Waals surface area contributed by atoms with Crippen molar-refractivity contribution in [1.29, 1.82) is 0 Å². The van der Waals surface area contributed by atoms with Crippen LogP contribution in [0, 0.1) is 10.1 Å². The number of fused-ring (bicyclic) bond motifs is 2. The molecule has 1 N–H and O–H groups in total. The van der Waals surface area contributed by atoms with Crippen LogP contribution in [0.2, 0.25) is 0 Å². The van der Waals surface area contributed by atoms with Gasteiger partial charge in [0.15, 0.2) is 0 Å². The molecule has 0 aromatic carbocycles. The summed E-state index contributed by atoms with van der Waals surface area (Å²) in [5.41, 5.74) is -0.510. The van der Waals surface area contributed by atoms with Gasteiger partial charge in [-0.2, -0.15) is 0 Å².